The van der Waals surface area contributed by atoms with Crippen LogP contribution in [-0.4, -0.2) is 27.6 Å². The monoisotopic (exact) mass is 251 g/mol. The van der Waals surface area contributed by atoms with Crippen molar-refractivity contribution in [2.75, 3.05) is 0 Å². The summed E-state index contributed by atoms with van der Waals surface area (Å²) in [6.07, 6.45) is 0. The van der Waals surface area contributed by atoms with Crippen LogP contribution in [0, 0.1) is 10.1 Å². The van der Waals surface area contributed by atoms with Crippen LogP contribution in [0.1, 0.15) is 17.3 Å². The van der Waals surface area contributed by atoms with E-state index in [1.54, 1.807) is 18.2 Å². The molecule has 0 saturated carbocycles. The molecule has 0 fully saturated rings. The van der Waals surface area contributed by atoms with Gasteiger partial charge in [0.05, 0.1) is 5.56 Å². The molecule has 1 rings (SSSR count). The van der Waals surface area contributed by atoms with Crippen LogP contribution in [0.25, 0.3) is 0 Å². The Bertz CT molecular complexity index is 510. The molecule has 1 aromatic rings. The van der Waals surface area contributed by atoms with Crippen LogP contribution < -0.4 is 0 Å². The minimum Gasteiger partial charge on any atom is -0.358 e. The normalized spacial score (nSPS) is 12.1. The van der Waals surface area contributed by atoms with Gasteiger partial charge < -0.3 is 20.2 Å². The third-order valence-corrected chi connectivity index (χ3v) is 1.87. The molecule has 0 aliphatic heterocycles. The van der Waals surface area contributed by atoms with Crippen LogP contribution in [0.4, 0.5) is 0 Å². The molecule has 94 valence electrons. The van der Waals surface area contributed by atoms with Gasteiger partial charge >= 0.3 is 11.8 Å². The van der Waals surface area contributed by atoms with E-state index in [2.05, 4.69) is 15.1 Å². The van der Waals surface area contributed by atoms with E-state index in [0.717, 1.165) is 0 Å². The molecule has 0 aliphatic rings. The van der Waals surface area contributed by atoms with Crippen LogP contribution in [0.3, 0.4) is 0 Å². The number of oxime groups is 2. The summed E-state index contributed by atoms with van der Waals surface area (Å²) < 4.78 is 0. The van der Waals surface area contributed by atoms with Crippen LogP contribution >= 0.6 is 0 Å². The van der Waals surface area contributed by atoms with Gasteiger partial charge in [-0.3, -0.25) is 0 Å². The Labute approximate surface area is 101 Å². The molecular weight excluding hydrogens is 242 g/mol. The topological polar surface area (TPSA) is 114 Å². The van der Waals surface area contributed by atoms with Crippen molar-refractivity contribution in [1.29, 1.82) is 0 Å². The average Bonchev–Trinajstić information content (AvgIpc) is 2.37. The van der Waals surface area contributed by atoms with Crippen molar-refractivity contribution in [1.82, 2.24) is 0 Å². The Hall–Kier alpha value is -2.77. The van der Waals surface area contributed by atoms with E-state index < -0.39 is 16.7 Å². The molecule has 1 aromatic carbocycles. The maximum absolute atomic E-state index is 11.4. The quantitative estimate of drug-likeness (QED) is 0.217. The van der Waals surface area contributed by atoms with Gasteiger partial charge in [0.2, 0.25) is 0 Å². The average molecular weight is 251 g/mol. The smallest absolute Gasteiger partial charge is 0.358 e. The van der Waals surface area contributed by atoms with Crippen LogP contribution in [-0.2, 0) is 4.84 Å². The molecule has 0 radical (unpaired) electrons. The van der Waals surface area contributed by atoms with Crippen molar-refractivity contribution in [3.8, 4) is 0 Å². The Morgan fingerprint density at radius 3 is 2.50 bits per heavy atom. The molecular formula is C10H9N3O5. The van der Waals surface area contributed by atoms with Crippen molar-refractivity contribution < 1.29 is 19.8 Å². The minimum absolute atomic E-state index is 0.248. The van der Waals surface area contributed by atoms with Crippen molar-refractivity contribution in [3.05, 3.63) is 46.0 Å². The Kier molecular flexibility index (Phi) is 4.50. The summed E-state index contributed by atoms with van der Waals surface area (Å²) in [5.41, 5.74) is -0.0792. The molecule has 18 heavy (non-hydrogen) atoms. The number of nitrogens with zero attached hydrogens (tertiary/aromatic N) is 3. The van der Waals surface area contributed by atoms with E-state index >= 15 is 0 Å². The first-order valence-electron chi connectivity index (χ1n) is 4.74. The number of hydrogen-bond donors (Lipinski definition) is 1. The fourth-order valence-corrected chi connectivity index (χ4v) is 1.02. The lowest BCUT2D eigenvalue weighted by atomic mass is 10.2. The number of rotatable bonds is 3. The van der Waals surface area contributed by atoms with Gasteiger partial charge in [-0.1, -0.05) is 23.4 Å². The van der Waals surface area contributed by atoms with Gasteiger partial charge in [-0.2, -0.15) is 0 Å². The van der Waals surface area contributed by atoms with Gasteiger partial charge in [-0.05, 0) is 24.0 Å². The number of carbonyl (C=O) groups is 1. The molecule has 0 amide bonds. The highest BCUT2D eigenvalue weighted by atomic mass is 16.7. The predicted octanol–water partition coefficient (Wildman–Crippen LogP) is 1.28. The standard InChI is InChI=1S/C10H9N3O5/c1-7(9(11-15)13(16)17)12-18-10(14)8-5-3-2-4-6-8/h2-6,15H,1H3/b11-9-,12-7+. The van der Waals surface area contributed by atoms with E-state index in [1.165, 1.54) is 19.1 Å². The highest BCUT2D eigenvalue weighted by molar-refractivity contribution is 6.36. The molecule has 0 heterocycles. The summed E-state index contributed by atoms with van der Waals surface area (Å²) in [6, 6.07) is 7.98. The maximum atomic E-state index is 11.4. The van der Waals surface area contributed by atoms with E-state index in [4.69, 9.17) is 5.21 Å². The molecule has 0 unspecified atom stereocenters. The number of hydrogen-bond acceptors (Lipinski definition) is 7. The molecule has 0 bridgehead atoms. The molecule has 1 N–H and O–H groups in total. The third kappa shape index (κ3) is 3.37. The van der Waals surface area contributed by atoms with Crippen LogP contribution in [0.5, 0.6) is 0 Å². The molecule has 0 aromatic heterocycles. The first-order chi connectivity index (χ1) is 8.56. The predicted molar refractivity (Wildman–Crippen MR) is 61.2 cm³/mol. The lowest BCUT2D eigenvalue weighted by molar-refractivity contribution is -0.348. The van der Waals surface area contributed by atoms with Crippen molar-refractivity contribution in [2.45, 2.75) is 6.92 Å². The van der Waals surface area contributed by atoms with Crippen molar-refractivity contribution >= 4 is 17.5 Å². The van der Waals surface area contributed by atoms with Crippen molar-refractivity contribution in [3.63, 3.8) is 0 Å². The van der Waals surface area contributed by atoms with Gasteiger partial charge in [0.1, 0.15) is 0 Å². The van der Waals surface area contributed by atoms with Gasteiger partial charge in [-0.25, -0.2) is 4.79 Å². The second-order valence-corrected chi connectivity index (χ2v) is 3.10. The Morgan fingerprint density at radius 1 is 1.39 bits per heavy atom. The SMILES string of the molecule is CC(=N\OC(=O)c1ccccc1)/C(=N/O)[N+](=O)[O-]. The summed E-state index contributed by atoms with van der Waals surface area (Å²) in [5.74, 6) is -1.66. The number of amidine groups is 1. The molecule has 0 atom stereocenters. The highest BCUT2D eigenvalue weighted by Gasteiger charge is 2.19. The second-order valence-electron chi connectivity index (χ2n) is 3.10. The van der Waals surface area contributed by atoms with E-state index in [0.29, 0.717) is 0 Å². The summed E-state index contributed by atoms with van der Waals surface area (Å²) in [6.45, 7) is 1.18. The zero-order valence-electron chi connectivity index (χ0n) is 9.31. The van der Waals surface area contributed by atoms with Gasteiger partial charge in [0, 0.05) is 0 Å². The Balaban J connectivity index is 2.76. The van der Waals surface area contributed by atoms with Gasteiger partial charge in [0.15, 0.2) is 10.9 Å². The largest absolute Gasteiger partial charge is 0.434 e. The Morgan fingerprint density at radius 2 is 2.00 bits per heavy atom. The van der Waals surface area contributed by atoms with Gasteiger partial charge in [0.25, 0.3) is 0 Å². The molecule has 0 spiro atoms. The van der Waals surface area contributed by atoms with Crippen LogP contribution in [0.15, 0.2) is 40.6 Å². The number of benzene rings is 1. The van der Waals surface area contributed by atoms with Crippen molar-refractivity contribution in [2.24, 2.45) is 10.3 Å². The molecule has 0 saturated heterocycles. The zero-order chi connectivity index (χ0) is 13.5. The summed E-state index contributed by atoms with van der Waals surface area (Å²) >= 11 is 0. The molecule has 8 heteroatoms. The van der Waals surface area contributed by atoms with E-state index in [9.17, 15) is 14.9 Å². The van der Waals surface area contributed by atoms with Crippen LogP contribution in [0.2, 0.25) is 0 Å². The van der Waals surface area contributed by atoms with E-state index in [-0.39, 0.29) is 11.3 Å². The maximum Gasteiger partial charge on any atom is 0.434 e. The fraction of sp³-hybridized carbons (Fsp3) is 0.100. The molecule has 8 nitrogen and oxygen atoms in total. The zero-order valence-corrected chi connectivity index (χ0v) is 9.31. The summed E-state index contributed by atoms with van der Waals surface area (Å²) in [7, 11) is 0. The highest BCUT2D eigenvalue weighted by Crippen LogP contribution is 2.01. The summed E-state index contributed by atoms with van der Waals surface area (Å²) in [4.78, 5) is 25.3. The minimum atomic E-state index is -0.949. The first kappa shape index (κ1) is 13.3. The lowest BCUT2D eigenvalue weighted by Crippen LogP contribution is -2.21. The lowest BCUT2D eigenvalue weighted by Gasteiger charge is -1.98. The first-order valence-corrected chi connectivity index (χ1v) is 4.74. The van der Waals surface area contributed by atoms with E-state index in [1.807, 2.05) is 0 Å². The molecule has 0 aliphatic carbocycles. The third-order valence-electron chi connectivity index (χ3n) is 1.87. The fourth-order valence-electron chi connectivity index (χ4n) is 1.02. The number of carbonyl (C=O) groups excluding carboxylic acids is 1. The summed E-state index contributed by atoms with van der Waals surface area (Å²) in [5, 5.41) is 24.4. The number of nitro groups is 1. The second kappa shape index (κ2) is 6.09. The van der Waals surface area contributed by atoms with Gasteiger partial charge in [-0.15, -0.1) is 0 Å².